The smallest absolute Gasteiger partial charge is 0.282 e. The van der Waals surface area contributed by atoms with Crippen molar-refractivity contribution >= 4 is 33.0 Å². The molecule has 6 rings (SSSR count). The van der Waals surface area contributed by atoms with Gasteiger partial charge < -0.3 is 23.7 Å². The average molecular weight is 685 g/mol. The molecule has 10 heteroatoms. The van der Waals surface area contributed by atoms with E-state index in [1.54, 1.807) is 19.4 Å². The minimum absolute atomic E-state index is 0.192. The molecule has 0 bridgehead atoms. The fourth-order valence-corrected chi connectivity index (χ4v) is 5.74. The molecule has 0 fully saturated rings. The van der Waals surface area contributed by atoms with Gasteiger partial charge in [-0.1, -0.05) is 32.0 Å². The van der Waals surface area contributed by atoms with Gasteiger partial charge in [0, 0.05) is 15.6 Å². The summed E-state index contributed by atoms with van der Waals surface area (Å²) in [6, 6.07) is 20.7. The predicted octanol–water partition coefficient (Wildman–Crippen LogP) is 7.86. The lowest BCUT2D eigenvalue weighted by Crippen LogP contribution is -2.21. The van der Waals surface area contributed by atoms with Gasteiger partial charge in [0.25, 0.3) is 5.56 Å². The molecule has 0 atom stereocenters. The standard InChI is InChI=1S/C36H34BrN3O6/c1-6-43-33-15-24(28(37)17-34(33)44-19-23-11-12-30-32(14-23)46-20-45-30)18-38-40-35(39-29-10-8-7-9-25(29)36(40)41)27-16-26(21(2)3)31(42-5)13-22(27)4/h7-18,21H,6,19-20H2,1-5H3. The van der Waals surface area contributed by atoms with Gasteiger partial charge in [-0.15, -0.1) is 0 Å². The lowest BCUT2D eigenvalue weighted by molar-refractivity contribution is 0.174. The SMILES string of the molecule is CCOc1cc(C=Nn2c(-c3cc(C(C)C)c(OC)cc3C)nc3ccccc3c2=O)c(Br)cc1OCc1ccc2c(c1)OCO2. The minimum atomic E-state index is -0.275. The van der Waals surface area contributed by atoms with Crippen LogP contribution in [0.25, 0.3) is 22.3 Å². The first-order valence-electron chi connectivity index (χ1n) is 15.0. The zero-order chi connectivity index (χ0) is 32.4. The summed E-state index contributed by atoms with van der Waals surface area (Å²) in [4.78, 5) is 18.8. The summed E-state index contributed by atoms with van der Waals surface area (Å²) < 4.78 is 30.8. The molecule has 0 N–H and O–H groups in total. The largest absolute Gasteiger partial charge is 0.496 e. The highest BCUT2D eigenvalue weighted by Gasteiger charge is 2.19. The van der Waals surface area contributed by atoms with E-state index in [0.717, 1.165) is 33.8 Å². The van der Waals surface area contributed by atoms with Crippen LogP contribution in [0.5, 0.6) is 28.7 Å². The van der Waals surface area contributed by atoms with E-state index in [0.29, 0.717) is 57.2 Å². The van der Waals surface area contributed by atoms with E-state index in [4.69, 9.17) is 33.8 Å². The number of benzene rings is 4. The second kappa shape index (κ2) is 13.3. The van der Waals surface area contributed by atoms with Crippen LogP contribution in [-0.2, 0) is 6.61 Å². The molecule has 2 heterocycles. The Labute approximate surface area is 275 Å². The Morgan fingerprint density at radius 3 is 2.57 bits per heavy atom. The highest BCUT2D eigenvalue weighted by Crippen LogP contribution is 2.37. The van der Waals surface area contributed by atoms with Gasteiger partial charge in [-0.3, -0.25) is 4.79 Å². The van der Waals surface area contributed by atoms with Crippen molar-refractivity contribution in [3.8, 4) is 40.1 Å². The summed E-state index contributed by atoms with van der Waals surface area (Å²) in [5, 5.41) is 5.18. The molecule has 1 aliphatic rings. The van der Waals surface area contributed by atoms with E-state index >= 15 is 0 Å². The summed E-state index contributed by atoms with van der Waals surface area (Å²) in [6.45, 7) is 9.05. The number of nitrogens with zero attached hydrogens (tertiary/aromatic N) is 3. The monoisotopic (exact) mass is 683 g/mol. The van der Waals surface area contributed by atoms with Gasteiger partial charge in [-0.05, 0) is 101 Å². The van der Waals surface area contributed by atoms with Crippen molar-refractivity contribution in [3.63, 3.8) is 0 Å². The number of methoxy groups -OCH3 is 1. The molecule has 0 saturated carbocycles. The fraction of sp³-hybridized carbons (Fsp3) is 0.250. The first kappa shape index (κ1) is 31.2. The van der Waals surface area contributed by atoms with Crippen LogP contribution < -0.4 is 29.2 Å². The van der Waals surface area contributed by atoms with E-state index in [1.807, 2.05) is 74.5 Å². The third kappa shape index (κ3) is 6.17. The van der Waals surface area contributed by atoms with Crippen molar-refractivity contribution in [3.05, 3.63) is 104 Å². The maximum Gasteiger partial charge on any atom is 0.282 e. The van der Waals surface area contributed by atoms with Crippen LogP contribution in [0, 0.1) is 6.92 Å². The van der Waals surface area contributed by atoms with E-state index in [-0.39, 0.29) is 18.3 Å². The molecular formula is C36H34BrN3O6. The lowest BCUT2D eigenvalue weighted by Gasteiger charge is -2.17. The van der Waals surface area contributed by atoms with Crippen LogP contribution >= 0.6 is 15.9 Å². The Bertz CT molecular complexity index is 2020. The van der Waals surface area contributed by atoms with Gasteiger partial charge in [0.05, 0.1) is 30.8 Å². The van der Waals surface area contributed by atoms with Crippen LogP contribution in [0.15, 0.2) is 81.1 Å². The molecule has 0 radical (unpaired) electrons. The van der Waals surface area contributed by atoms with E-state index in [9.17, 15) is 4.79 Å². The molecule has 5 aromatic rings. The number of rotatable bonds is 10. The summed E-state index contributed by atoms with van der Waals surface area (Å²) in [7, 11) is 1.66. The van der Waals surface area contributed by atoms with Gasteiger partial charge in [-0.25, -0.2) is 4.98 Å². The highest BCUT2D eigenvalue weighted by molar-refractivity contribution is 9.10. The first-order valence-corrected chi connectivity index (χ1v) is 15.8. The Hall–Kier alpha value is -4.83. The Kier molecular flexibility index (Phi) is 8.99. The van der Waals surface area contributed by atoms with E-state index in [1.165, 1.54) is 4.68 Å². The Morgan fingerprint density at radius 1 is 1.00 bits per heavy atom. The third-order valence-electron chi connectivity index (χ3n) is 7.70. The van der Waals surface area contributed by atoms with Gasteiger partial charge in [0.1, 0.15) is 12.4 Å². The van der Waals surface area contributed by atoms with Crippen LogP contribution in [0.4, 0.5) is 0 Å². The molecule has 0 unspecified atom stereocenters. The molecular weight excluding hydrogens is 650 g/mol. The number of fused-ring (bicyclic) bond motifs is 2. The number of halogens is 1. The summed E-state index contributed by atoms with van der Waals surface area (Å²) >= 11 is 3.67. The van der Waals surface area contributed by atoms with Gasteiger partial charge >= 0.3 is 0 Å². The van der Waals surface area contributed by atoms with Crippen LogP contribution in [0.2, 0.25) is 0 Å². The summed E-state index contributed by atoms with van der Waals surface area (Å²) in [5.74, 6) is 3.94. The van der Waals surface area contributed by atoms with Gasteiger partial charge in [0.2, 0.25) is 6.79 Å². The van der Waals surface area contributed by atoms with Crippen molar-refractivity contribution in [1.82, 2.24) is 9.66 Å². The zero-order valence-corrected chi connectivity index (χ0v) is 27.9. The Balaban J connectivity index is 1.40. The molecule has 0 spiro atoms. The quantitative estimate of drug-likeness (QED) is 0.138. The van der Waals surface area contributed by atoms with Crippen molar-refractivity contribution in [1.29, 1.82) is 0 Å². The van der Waals surface area contributed by atoms with Gasteiger partial charge in [-0.2, -0.15) is 9.78 Å². The van der Waals surface area contributed by atoms with Crippen molar-refractivity contribution in [2.24, 2.45) is 5.10 Å². The molecule has 0 saturated heterocycles. The topological polar surface area (TPSA) is 93.4 Å². The number of para-hydroxylation sites is 1. The molecule has 46 heavy (non-hydrogen) atoms. The number of hydrogen-bond acceptors (Lipinski definition) is 8. The average Bonchev–Trinajstić information content (AvgIpc) is 3.52. The molecule has 0 aliphatic carbocycles. The lowest BCUT2D eigenvalue weighted by atomic mass is 9.96. The van der Waals surface area contributed by atoms with Crippen LogP contribution in [-0.4, -0.2) is 36.4 Å². The molecule has 236 valence electrons. The molecule has 9 nitrogen and oxygen atoms in total. The van der Waals surface area contributed by atoms with Crippen LogP contribution in [0.1, 0.15) is 48.9 Å². The normalized spacial score (nSPS) is 12.3. The number of hydrogen-bond donors (Lipinski definition) is 0. The number of aryl methyl sites for hydroxylation is 1. The Morgan fingerprint density at radius 2 is 1.78 bits per heavy atom. The molecule has 1 aliphatic heterocycles. The van der Waals surface area contributed by atoms with E-state index in [2.05, 4.69) is 29.8 Å². The summed E-state index contributed by atoms with van der Waals surface area (Å²) in [5.41, 5.74) is 4.67. The molecule has 0 amide bonds. The highest BCUT2D eigenvalue weighted by atomic mass is 79.9. The zero-order valence-electron chi connectivity index (χ0n) is 26.3. The second-order valence-electron chi connectivity index (χ2n) is 11.1. The maximum absolute atomic E-state index is 13.9. The predicted molar refractivity (Wildman–Crippen MR) is 182 cm³/mol. The second-order valence-corrected chi connectivity index (χ2v) is 12.0. The van der Waals surface area contributed by atoms with Crippen molar-refractivity contribution < 1.29 is 23.7 Å². The van der Waals surface area contributed by atoms with Crippen molar-refractivity contribution in [2.75, 3.05) is 20.5 Å². The molecule has 1 aromatic heterocycles. The fourth-order valence-electron chi connectivity index (χ4n) is 5.31. The molecule has 4 aromatic carbocycles. The number of ether oxygens (including phenoxy) is 5. The minimum Gasteiger partial charge on any atom is -0.496 e. The van der Waals surface area contributed by atoms with Gasteiger partial charge in [0.15, 0.2) is 28.8 Å². The summed E-state index contributed by atoms with van der Waals surface area (Å²) in [6.07, 6.45) is 1.62. The van der Waals surface area contributed by atoms with Crippen molar-refractivity contribution in [2.45, 2.75) is 40.2 Å². The first-order chi connectivity index (χ1) is 22.3. The maximum atomic E-state index is 13.9. The van der Waals surface area contributed by atoms with E-state index < -0.39 is 0 Å². The van der Waals surface area contributed by atoms with Crippen LogP contribution in [0.3, 0.4) is 0 Å². The number of aromatic nitrogens is 2. The third-order valence-corrected chi connectivity index (χ3v) is 8.39.